The molecule has 1 saturated carbocycles. The Balaban J connectivity index is 2.08. The third kappa shape index (κ3) is 4.09. The van der Waals surface area contributed by atoms with E-state index in [1.807, 2.05) is 0 Å². The van der Waals surface area contributed by atoms with E-state index in [0.29, 0.717) is 12.5 Å². The fourth-order valence-corrected chi connectivity index (χ4v) is 3.12. The summed E-state index contributed by atoms with van der Waals surface area (Å²) < 4.78 is 27.6. The summed E-state index contributed by atoms with van der Waals surface area (Å²) in [5.41, 5.74) is 0.124. The van der Waals surface area contributed by atoms with Crippen molar-refractivity contribution in [2.24, 2.45) is 5.92 Å². The Hall–Kier alpha value is -0.780. The summed E-state index contributed by atoms with van der Waals surface area (Å²) in [6.07, 6.45) is 3.22. The molecule has 0 saturated heterocycles. The van der Waals surface area contributed by atoms with E-state index in [4.69, 9.17) is 27.0 Å². The molecule has 0 atom stereocenters. The van der Waals surface area contributed by atoms with E-state index < -0.39 is 15.0 Å². The van der Waals surface area contributed by atoms with Crippen molar-refractivity contribution in [3.8, 4) is 0 Å². The van der Waals surface area contributed by atoms with Gasteiger partial charge in [-0.2, -0.15) is 0 Å². The van der Waals surface area contributed by atoms with Gasteiger partial charge in [0.05, 0.1) is 17.2 Å². The van der Waals surface area contributed by atoms with Crippen LogP contribution in [-0.4, -0.2) is 21.0 Å². The second-order valence-electron chi connectivity index (χ2n) is 4.45. The van der Waals surface area contributed by atoms with Crippen molar-refractivity contribution in [1.29, 1.82) is 0 Å². The zero-order valence-electron chi connectivity index (χ0n) is 9.93. The number of rotatable bonds is 5. The zero-order valence-corrected chi connectivity index (χ0v) is 12.3. The fraction of sp³-hybridized carbons (Fsp3) is 0.417. The standard InChI is InChI=1S/C12H12Cl2O4S/c13-10-4-3-9(7-11(10)19(14,16)17)12(15)18-6-5-8-1-2-8/h3-4,7-8H,1-2,5-6H2. The summed E-state index contributed by atoms with van der Waals surface area (Å²) in [5, 5.41) is -0.0236. The van der Waals surface area contributed by atoms with E-state index in [1.165, 1.54) is 25.0 Å². The first-order chi connectivity index (χ1) is 8.88. The quantitative estimate of drug-likeness (QED) is 0.616. The summed E-state index contributed by atoms with van der Waals surface area (Å²) in [4.78, 5) is 11.4. The molecule has 0 spiro atoms. The average Bonchev–Trinajstić information content (AvgIpc) is 3.12. The maximum absolute atomic E-state index is 11.7. The number of halogens is 2. The van der Waals surface area contributed by atoms with Crippen molar-refractivity contribution in [2.75, 3.05) is 6.61 Å². The lowest BCUT2D eigenvalue weighted by molar-refractivity contribution is 0.0494. The van der Waals surface area contributed by atoms with Gasteiger partial charge >= 0.3 is 5.97 Å². The minimum Gasteiger partial charge on any atom is -0.462 e. The predicted octanol–water partition coefficient (Wildman–Crippen LogP) is 3.22. The third-order valence-electron chi connectivity index (χ3n) is 2.89. The van der Waals surface area contributed by atoms with E-state index in [-0.39, 0.29) is 15.5 Å². The first kappa shape index (κ1) is 14.6. The fourth-order valence-electron chi connectivity index (χ4n) is 1.63. The number of ether oxygens (including phenoxy) is 1. The molecule has 0 aliphatic heterocycles. The highest BCUT2D eigenvalue weighted by Crippen LogP contribution is 2.32. The van der Waals surface area contributed by atoms with Crippen LogP contribution in [0.15, 0.2) is 23.1 Å². The molecule has 0 N–H and O–H groups in total. The van der Waals surface area contributed by atoms with Gasteiger partial charge in [0.25, 0.3) is 9.05 Å². The van der Waals surface area contributed by atoms with E-state index in [2.05, 4.69) is 0 Å². The van der Waals surface area contributed by atoms with Crippen molar-refractivity contribution < 1.29 is 17.9 Å². The number of benzene rings is 1. The number of hydrogen-bond acceptors (Lipinski definition) is 4. The number of hydrogen-bond donors (Lipinski definition) is 0. The summed E-state index contributed by atoms with van der Waals surface area (Å²) in [5.74, 6) is 0.0932. The van der Waals surface area contributed by atoms with E-state index >= 15 is 0 Å². The molecule has 1 aliphatic carbocycles. The highest BCUT2D eigenvalue weighted by molar-refractivity contribution is 8.13. The van der Waals surface area contributed by atoms with Crippen molar-refractivity contribution >= 4 is 37.3 Å². The largest absolute Gasteiger partial charge is 0.462 e. The predicted molar refractivity (Wildman–Crippen MR) is 72.1 cm³/mol. The first-order valence-corrected chi connectivity index (χ1v) is 8.48. The number of esters is 1. The number of carbonyl (C=O) groups excluding carboxylic acids is 1. The van der Waals surface area contributed by atoms with Crippen molar-refractivity contribution in [1.82, 2.24) is 0 Å². The normalized spacial score (nSPS) is 15.3. The molecule has 104 valence electrons. The van der Waals surface area contributed by atoms with Crippen LogP contribution in [0.3, 0.4) is 0 Å². The molecule has 4 nitrogen and oxygen atoms in total. The minimum atomic E-state index is -3.98. The Morgan fingerprint density at radius 1 is 1.37 bits per heavy atom. The van der Waals surface area contributed by atoms with Crippen molar-refractivity contribution in [3.63, 3.8) is 0 Å². The summed E-state index contributed by atoms with van der Waals surface area (Å²) in [7, 11) is 1.25. The Labute approximate surface area is 121 Å². The lowest BCUT2D eigenvalue weighted by Crippen LogP contribution is -2.08. The lowest BCUT2D eigenvalue weighted by atomic mass is 10.2. The summed E-state index contributed by atoms with van der Waals surface area (Å²) >= 11 is 5.72. The van der Waals surface area contributed by atoms with Gasteiger partial charge in [0.1, 0.15) is 4.90 Å². The van der Waals surface area contributed by atoms with Crippen LogP contribution in [0, 0.1) is 5.92 Å². The highest BCUT2D eigenvalue weighted by atomic mass is 35.7. The van der Waals surface area contributed by atoms with Crippen LogP contribution in [0.2, 0.25) is 5.02 Å². The third-order valence-corrected chi connectivity index (χ3v) is 4.69. The zero-order chi connectivity index (χ0) is 14.0. The van der Waals surface area contributed by atoms with Gasteiger partial charge in [-0.1, -0.05) is 24.4 Å². The molecule has 19 heavy (non-hydrogen) atoms. The average molecular weight is 323 g/mol. The van der Waals surface area contributed by atoms with E-state index in [9.17, 15) is 13.2 Å². The monoisotopic (exact) mass is 322 g/mol. The van der Waals surface area contributed by atoms with Gasteiger partial charge in [0, 0.05) is 10.7 Å². The Morgan fingerprint density at radius 2 is 2.05 bits per heavy atom. The summed E-state index contributed by atoms with van der Waals surface area (Å²) in [6.45, 7) is 0.342. The van der Waals surface area contributed by atoms with Gasteiger partial charge < -0.3 is 4.74 Å². The van der Waals surface area contributed by atoms with Crippen LogP contribution >= 0.6 is 22.3 Å². The van der Waals surface area contributed by atoms with Crippen molar-refractivity contribution in [3.05, 3.63) is 28.8 Å². The van der Waals surface area contributed by atoms with Crippen LogP contribution in [-0.2, 0) is 13.8 Å². The molecule has 0 bridgehead atoms. The SMILES string of the molecule is O=C(OCCC1CC1)c1ccc(Cl)c(S(=O)(=O)Cl)c1. The van der Waals surface area contributed by atoms with Gasteiger partial charge in [0.2, 0.25) is 0 Å². The molecule has 0 unspecified atom stereocenters. The van der Waals surface area contributed by atoms with Crippen LogP contribution in [0.25, 0.3) is 0 Å². The Morgan fingerprint density at radius 3 is 2.63 bits per heavy atom. The van der Waals surface area contributed by atoms with Gasteiger partial charge in [-0.15, -0.1) is 0 Å². The molecular weight excluding hydrogens is 311 g/mol. The first-order valence-electron chi connectivity index (χ1n) is 5.79. The Bertz CT molecular complexity index is 594. The minimum absolute atomic E-state index is 0.0236. The molecule has 0 heterocycles. The van der Waals surface area contributed by atoms with E-state index in [1.54, 1.807) is 0 Å². The molecule has 1 aromatic rings. The van der Waals surface area contributed by atoms with Crippen LogP contribution in [0.4, 0.5) is 0 Å². The van der Waals surface area contributed by atoms with Gasteiger partial charge in [-0.3, -0.25) is 0 Å². The smallest absolute Gasteiger partial charge is 0.338 e. The number of carbonyl (C=O) groups is 1. The van der Waals surface area contributed by atoms with Crippen LogP contribution < -0.4 is 0 Å². The second-order valence-corrected chi connectivity index (χ2v) is 7.39. The Kier molecular flexibility index (Phi) is 4.38. The van der Waals surface area contributed by atoms with Gasteiger partial charge in [-0.25, -0.2) is 13.2 Å². The van der Waals surface area contributed by atoms with E-state index in [0.717, 1.165) is 12.5 Å². The molecular formula is C12H12Cl2O4S. The van der Waals surface area contributed by atoms with Crippen LogP contribution in [0.1, 0.15) is 29.6 Å². The molecule has 1 fully saturated rings. The molecule has 0 amide bonds. The maximum atomic E-state index is 11.7. The molecule has 1 aromatic carbocycles. The summed E-state index contributed by atoms with van der Waals surface area (Å²) in [6, 6.07) is 3.85. The molecule has 2 rings (SSSR count). The second kappa shape index (κ2) is 5.69. The molecule has 0 radical (unpaired) electrons. The highest BCUT2D eigenvalue weighted by Gasteiger charge is 2.22. The van der Waals surface area contributed by atoms with Crippen molar-refractivity contribution in [2.45, 2.75) is 24.2 Å². The lowest BCUT2D eigenvalue weighted by Gasteiger charge is -2.06. The van der Waals surface area contributed by atoms with Gasteiger partial charge in [-0.05, 0) is 30.5 Å². The maximum Gasteiger partial charge on any atom is 0.338 e. The topological polar surface area (TPSA) is 60.4 Å². The van der Waals surface area contributed by atoms with Gasteiger partial charge in [0.15, 0.2) is 0 Å². The van der Waals surface area contributed by atoms with Crippen LogP contribution in [0.5, 0.6) is 0 Å². The molecule has 0 aromatic heterocycles. The molecule has 1 aliphatic rings. The molecule has 7 heteroatoms.